The van der Waals surface area contributed by atoms with E-state index in [9.17, 15) is 0 Å². The second-order valence-corrected chi connectivity index (χ2v) is 5.28. The number of aryl methyl sites for hydroxylation is 1. The summed E-state index contributed by atoms with van der Waals surface area (Å²) in [6.45, 7) is 5.75. The summed E-state index contributed by atoms with van der Waals surface area (Å²) in [6, 6.07) is 2.93. The normalized spacial score (nSPS) is 29.8. The minimum absolute atomic E-state index is 0.727. The molecule has 0 aromatic carbocycles. The fourth-order valence-corrected chi connectivity index (χ4v) is 3.03. The first kappa shape index (κ1) is 11.7. The number of hydrogen-bond donors (Lipinski definition) is 1. The van der Waals surface area contributed by atoms with Crippen molar-refractivity contribution in [2.75, 3.05) is 0 Å². The maximum Gasteiger partial charge on any atom is 0.0223 e. The maximum atomic E-state index is 3.71. The predicted octanol–water partition coefficient (Wildman–Crippen LogP) is 2.94. The highest BCUT2D eigenvalue weighted by atomic mass is 14.9. The summed E-state index contributed by atoms with van der Waals surface area (Å²) in [6.07, 6.45) is 8.41. The van der Waals surface area contributed by atoms with Crippen molar-refractivity contribution in [3.8, 4) is 0 Å². The number of aromatic nitrogens is 1. The topological polar surface area (TPSA) is 17.0 Å². The Kier molecular flexibility index (Phi) is 3.70. The lowest BCUT2D eigenvalue weighted by atomic mass is 9.93. The molecule has 1 aliphatic rings. The van der Waals surface area contributed by atoms with Gasteiger partial charge >= 0.3 is 0 Å². The van der Waals surface area contributed by atoms with Gasteiger partial charge in [-0.05, 0) is 36.3 Å². The third kappa shape index (κ3) is 2.49. The summed E-state index contributed by atoms with van der Waals surface area (Å²) in [7, 11) is 2.08. The van der Waals surface area contributed by atoms with E-state index in [1.54, 1.807) is 0 Å². The minimum Gasteiger partial charge on any atom is -0.357 e. The Morgan fingerprint density at radius 3 is 2.81 bits per heavy atom. The molecule has 0 aliphatic heterocycles. The van der Waals surface area contributed by atoms with Gasteiger partial charge in [0.15, 0.2) is 0 Å². The van der Waals surface area contributed by atoms with Crippen molar-refractivity contribution in [2.24, 2.45) is 18.9 Å². The van der Waals surface area contributed by atoms with Gasteiger partial charge in [-0.1, -0.05) is 20.3 Å². The van der Waals surface area contributed by atoms with Crippen molar-refractivity contribution >= 4 is 0 Å². The van der Waals surface area contributed by atoms with Crippen LogP contribution in [-0.2, 0) is 13.6 Å². The van der Waals surface area contributed by atoms with Crippen LogP contribution in [0.25, 0.3) is 0 Å². The molecule has 1 saturated carbocycles. The van der Waals surface area contributed by atoms with Crippen LogP contribution in [0.2, 0.25) is 0 Å². The molecule has 1 N–H and O–H groups in total. The Bertz CT molecular complexity index is 329. The molecule has 3 unspecified atom stereocenters. The Morgan fingerprint density at radius 2 is 2.25 bits per heavy atom. The highest BCUT2D eigenvalue weighted by Gasteiger charge is 2.30. The van der Waals surface area contributed by atoms with Gasteiger partial charge in [0.25, 0.3) is 0 Å². The van der Waals surface area contributed by atoms with Crippen LogP contribution >= 0.6 is 0 Å². The standard InChI is InChI=1S/C14H24N2/c1-4-13-5-6-14(11(13)2)15-9-12-7-8-16(3)10-12/h7-8,10-11,13-15H,4-6,9H2,1-3H3. The molecule has 16 heavy (non-hydrogen) atoms. The highest BCUT2D eigenvalue weighted by Crippen LogP contribution is 2.33. The fraction of sp³-hybridized carbons (Fsp3) is 0.714. The number of nitrogens with one attached hydrogen (secondary N) is 1. The zero-order valence-corrected chi connectivity index (χ0v) is 10.7. The molecule has 0 saturated heterocycles. The Balaban J connectivity index is 1.83. The molecule has 2 rings (SSSR count). The lowest BCUT2D eigenvalue weighted by Gasteiger charge is -2.20. The largest absolute Gasteiger partial charge is 0.357 e. The molecule has 90 valence electrons. The summed E-state index contributed by atoms with van der Waals surface area (Å²) in [5.74, 6) is 1.78. The van der Waals surface area contributed by atoms with Crippen LogP contribution in [0.4, 0.5) is 0 Å². The van der Waals surface area contributed by atoms with E-state index in [0.717, 1.165) is 24.4 Å². The SMILES string of the molecule is CCC1CCC(NCc2ccn(C)c2)C1C. The van der Waals surface area contributed by atoms with Crippen molar-refractivity contribution in [3.05, 3.63) is 24.0 Å². The molecular weight excluding hydrogens is 196 g/mol. The van der Waals surface area contributed by atoms with Crippen molar-refractivity contribution in [3.63, 3.8) is 0 Å². The second-order valence-electron chi connectivity index (χ2n) is 5.28. The van der Waals surface area contributed by atoms with Crippen LogP contribution in [0, 0.1) is 11.8 Å². The molecule has 1 aliphatic carbocycles. The molecule has 1 fully saturated rings. The maximum absolute atomic E-state index is 3.71. The smallest absolute Gasteiger partial charge is 0.0223 e. The highest BCUT2D eigenvalue weighted by molar-refractivity contribution is 5.09. The zero-order valence-electron chi connectivity index (χ0n) is 10.7. The van der Waals surface area contributed by atoms with Crippen molar-refractivity contribution < 1.29 is 0 Å². The Morgan fingerprint density at radius 1 is 1.44 bits per heavy atom. The molecule has 0 amide bonds. The van der Waals surface area contributed by atoms with Gasteiger partial charge in [0.1, 0.15) is 0 Å². The summed E-state index contributed by atoms with van der Waals surface area (Å²) >= 11 is 0. The zero-order chi connectivity index (χ0) is 11.5. The molecule has 3 atom stereocenters. The third-order valence-electron chi connectivity index (χ3n) is 4.21. The van der Waals surface area contributed by atoms with E-state index < -0.39 is 0 Å². The molecule has 1 heterocycles. The van der Waals surface area contributed by atoms with Gasteiger partial charge in [-0.2, -0.15) is 0 Å². The Labute approximate surface area is 99.0 Å². The van der Waals surface area contributed by atoms with Gasteiger partial charge in [-0.15, -0.1) is 0 Å². The summed E-state index contributed by atoms with van der Waals surface area (Å²) in [4.78, 5) is 0. The van der Waals surface area contributed by atoms with Crippen LogP contribution in [0.1, 0.15) is 38.7 Å². The molecule has 2 nitrogen and oxygen atoms in total. The second kappa shape index (κ2) is 5.05. The summed E-state index contributed by atoms with van der Waals surface area (Å²) in [5, 5.41) is 3.71. The van der Waals surface area contributed by atoms with Crippen LogP contribution in [-0.4, -0.2) is 10.6 Å². The Hall–Kier alpha value is -0.760. The number of hydrogen-bond acceptors (Lipinski definition) is 1. The lowest BCUT2D eigenvalue weighted by Crippen LogP contribution is -2.32. The lowest BCUT2D eigenvalue weighted by molar-refractivity contribution is 0.344. The molecular formula is C14H24N2. The van der Waals surface area contributed by atoms with Gasteiger partial charge in [0, 0.05) is 32.0 Å². The quantitative estimate of drug-likeness (QED) is 0.825. The predicted molar refractivity (Wildman–Crippen MR) is 68.2 cm³/mol. The van der Waals surface area contributed by atoms with E-state index in [1.165, 1.54) is 24.8 Å². The molecule has 0 radical (unpaired) electrons. The summed E-state index contributed by atoms with van der Waals surface area (Å²) < 4.78 is 2.12. The van der Waals surface area contributed by atoms with Crippen LogP contribution < -0.4 is 5.32 Å². The van der Waals surface area contributed by atoms with Crippen molar-refractivity contribution in [1.82, 2.24) is 9.88 Å². The average Bonchev–Trinajstić information content (AvgIpc) is 2.83. The van der Waals surface area contributed by atoms with E-state index in [-0.39, 0.29) is 0 Å². The van der Waals surface area contributed by atoms with Gasteiger partial charge in [0.05, 0.1) is 0 Å². The van der Waals surface area contributed by atoms with Gasteiger partial charge in [-0.3, -0.25) is 0 Å². The number of nitrogens with zero attached hydrogens (tertiary/aromatic N) is 1. The first-order chi connectivity index (χ1) is 7.70. The van der Waals surface area contributed by atoms with Crippen LogP contribution in [0.3, 0.4) is 0 Å². The first-order valence-corrected chi connectivity index (χ1v) is 6.55. The third-order valence-corrected chi connectivity index (χ3v) is 4.21. The van der Waals surface area contributed by atoms with E-state index >= 15 is 0 Å². The molecule has 0 spiro atoms. The molecule has 0 bridgehead atoms. The van der Waals surface area contributed by atoms with E-state index in [1.807, 2.05) is 0 Å². The average molecular weight is 220 g/mol. The van der Waals surface area contributed by atoms with Crippen LogP contribution in [0.15, 0.2) is 18.5 Å². The van der Waals surface area contributed by atoms with Crippen LogP contribution in [0.5, 0.6) is 0 Å². The van der Waals surface area contributed by atoms with E-state index in [4.69, 9.17) is 0 Å². The monoisotopic (exact) mass is 220 g/mol. The molecule has 1 aromatic rings. The van der Waals surface area contributed by atoms with Crippen molar-refractivity contribution in [1.29, 1.82) is 0 Å². The van der Waals surface area contributed by atoms with Gasteiger partial charge < -0.3 is 9.88 Å². The number of rotatable bonds is 4. The van der Waals surface area contributed by atoms with E-state index in [2.05, 4.69) is 49.2 Å². The fourth-order valence-electron chi connectivity index (χ4n) is 3.03. The molecule has 1 aromatic heterocycles. The molecule has 2 heteroatoms. The summed E-state index contributed by atoms with van der Waals surface area (Å²) in [5.41, 5.74) is 1.40. The van der Waals surface area contributed by atoms with Crippen molar-refractivity contribution in [2.45, 2.75) is 45.7 Å². The van der Waals surface area contributed by atoms with Gasteiger partial charge in [-0.25, -0.2) is 0 Å². The first-order valence-electron chi connectivity index (χ1n) is 6.55. The van der Waals surface area contributed by atoms with Gasteiger partial charge in [0.2, 0.25) is 0 Å². The van der Waals surface area contributed by atoms with E-state index in [0.29, 0.717) is 0 Å². The minimum atomic E-state index is 0.727.